The minimum atomic E-state index is -0.834. The van der Waals surface area contributed by atoms with Gasteiger partial charge in [-0.15, -0.1) is 6.42 Å². The summed E-state index contributed by atoms with van der Waals surface area (Å²) in [5, 5.41) is 10.0. The summed E-state index contributed by atoms with van der Waals surface area (Å²) in [6, 6.07) is 0. The number of terminal acetylenes is 1. The van der Waals surface area contributed by atoms with Crippen LogP contribution in [0, 0.1) is 12.3 Å². The molecule has 0 aliphatic carbocycles. The number of amides is 1. The Balaban J connectivity index is 2.49. The fourth-order valence-electron chi connectivity index (χ4n) is 1.53. The van der Waals surface area contributed by atoms with Crippen LogP contribution in [0.5, 0.6) is 0 Å². The first kappa shape index (κ1) is 11.0. The van der Waals surface area contributed by atoms with Gasteiger partial charge in [-0.2, -0.15) is 0 Å². The highest BCUT2D eigenvalue weighted by atomic mass is 16.5. The third-order valence-electron chi connectivity index (χ3n) is 2.43. The summed E-state index contributed by atoms with van der Waals surface area (Å²) >= 11 is 0. The lowest BCUT2D eigenvalue weighted by atomic mass is 9.94. The van der Waals surface area contributed by atoms with Crippen molar-refractivity contribution in [1.82, 2.24) is 4.90 Å². The summed E-state index contributed by atoms with van der Waals surface area (Å²) in [5.41, 5.74) is -0.834. The van der Waals surface area contributed by atoms with Crippen LogP contribution < -0.4 is 0 Å². The van der Waals surface area contributed by atoms with Crippen molar-refractivity contribution in [3.8, 4) is 12.3 Å². The number of likely N-dealkylation sites (N-methyl/N-ethyl adjacent to an activating group) is 1. The number of rotatable bonds is 2. The molecule has 1 N–H and O–H groups in total. The molecule has 0 saturated carbocycles. The molecular formula is C10H15NO3. The topological polar surface area (TPSA) is 49.8 Å². The molecule has 0 aromatic carbocycles. The zero-order valence-electron chi connectivity index (χ0n) is 8.32. The molecule has 0 aromatic heterocycles. The molecule has 0 unspecified atom stereocenters. The Kier molecular flexibility index (Phi) is 3.50. The van der Waals surface area contributed by atoms with Crippen molar-refractivity contribution < 1.29 is 14.6 Å². The minimum Gasteiger partial charge on any atom is -0.388 e. The molecular weight excluding hydrogens is 182 g/mol. The maximum absolute atomic E-state index is 11.1. The van der Waals surface area contributed by atoms with E-state index in [1.54, 1.807) is 7.05 Å². The number of ether oxygens (including phenoxy) is 1. The predicted molar refractivity (Wildman–Crippen MR) is 51.5 cm³/mol. The lowest BCUT2D eigenvalue weighted by molar-refractivity contribution is -0.130. The lowest BCUT2D eigenvalue weighted by Gasteiger charge is -2.34. The van der Waals surface area contributed by atoms with E-state index in [-0.39, 0.29) is 6.54 Å². The first-order valence-corrected chi connectivity index (χ1v) is 4.59. The molecule has 1 saturated heterocycles. The van der Waals surface area contributed by atoms with Gasteiger partial charge in [0.2, 0.25) is 0 Å². The largest absolute Gasteiger partial charge is 0.388 e. The molecule has 1 heterocycles. The summed E-state index contributed by atoms with van der Waals surface area (Å²) < 4.78 is 5.13. The molecule has 78 valence electrons. The van der Waals surface area contributed by atoms with Crippen LogP contribution in [0.3, 0.4) is 0 Å². The molecule has 1 amide bonds. The first-order valence-electron chi connectivity index (χ1n) is 4.59. The van der Waals surface area contributed by atoms with Crippen LogP contribution >= 0.6 is 0 Å². The van der Waals surface area contributed by atoms with Gasteiger partial charge in [-0.05, 0) is 5.92 Å². The number of carbonyl (C=O) groups excluding carboxylic acids is 1. The molecule has 0 aromatic rings. The van der Waals surface area contributed by atoms with E-state index in [1.165, 1.54) is 4.90 Å². The molecule has 1 fully saturated rings. The van der Waals surface area contributed by atoms with Crippen LogP contribution in [-0.4, -0.2) is 48.3 Å². The summed E-state index contributed by atoms with van der Waals surface area (Å²) in [7, 11) is 1.59. The molecule has 4 heteroatoms. The SMILES string of the molecule is C#CC(=O)N(C)CC1(O)CCOCC1. The van der Waals surface area contributed by atoms with Crippen LogP contribution in [0.2, 0.25) is 0 Å². The highest BCUT2D eigenvalue weighted by Crippen LogP contribution is 2.21. The predicted octanol–water partition coefficient (Wildman–Crippen LogP) is -0.381. The van der Waals surface area contributed by atoms with E-state index in [0.29, 0.717) is 26.1 Å². The van der Waals surface area contributed by atoms with Gasteiger partial charge in [0.25, 0.3) is 5.91 Å². The summed E-state index contributed by atoms with van der Waals surface area (Å²) in [5.74, 6) is 1.62. The Morgan fingerprint density at radius 2 is 2.21 bits per heavy atom. The van der Waals surface area contributed by atoms with E-state index in [2.05, 4.69) is 0 Å². The first-order chi connectivity index (χ1) is 6.57. The van der Waals surface area contributed by atoms with Crippen molar-refractivity contribution in [2.45, 2.75) is 18.4 Å². The zero-order chi connectivity index (χ0) is 10.6. The summed E-state index contributed by atoms with van der Waals surface area (Å²) in [6.45, 7) is 1.35. The molecule has 1 rings (SSSR count). The smallest absolute Gasteiger partial charge is 0.298 e. The van der Waals surface area contributed by atoms with Gasteiger partial charge >= 0.3 is 0 Å². The normalized spacial score (nSPS) is 19.8. The highest BCUT2D eigenvalue weighted by molar-refractivity contribution is 5.92. The molecule has 1 aliphatic heterocycles. The minimum absolute atomic E-state index is 0.277. The van der Waals surface area contributed by atoms with Crippen LogP contribution in [0.25, 0.3) is 0 Å². The maximum atomic E-state index is 11.1. The molecule has 0 atom stereocenters. The standard InChI is InChI=1S/C10H15NO3/c1-3-9(12)11(2)8-10(13)4-6-14-7-5-10/h1,13H,4-8H2,2H3. The van der Waals surface area contributed by atoms with Crippen molar-refractivity contribution in [2.24, 2.45) is 0 Å². The fourth-order valence-corrected chi connectivity index (χ4v) is 1.53. The van der Waals surface area contributed by atoms with Gasteiger partial charge in [-0.1, -0.05) is 0 Å². The van der Waals surface area contributed by atoms with Gasteiger partial charge in [-0.3, -0.25) is 4.79 Å². The third kappa shape index (κ3) is 2.72. The van der Waals surface area contributed by atoms with Crippen molar-refractivity contribution in [3.05, 3.63) is 0 Å². The zero-order valence-corrected chi connectivity index (χ0v) is 8.32. The van der Waals surface area contributed by atoms with Crippen molar-refractivity contribution >= 4 is 5.91 Å². The maximum Gasteiger partial charge on any atom is 0.298 e. The second-order valence-corrected chi connectivity index (χ2v) is 3.64. The van der Waals surface area contributed by atoms with E-state index < -0.39 is 11.5 Å². The van der Waals surface area contributed by atoms with Crippen molar-refractivity contribution in [3.63, 3.8) is 0 Å². The molecule has 4 nitrogen and oxygen atoms in total. The van der Waals surface area contributed by atoms with Gasteiger partial charge in [-0.25, -0.2) is 0 Å². The molecule has 14 heavy (non-hydrogen) atoms. The molecule has 0 radical (unpaired) electrons. The van der Waals surface area contributed by atoms with E-state index in [9.17, 15) is 9.90 Å². The van der Waals surface area contributed by atoms with E-state index in [0.717, 1.165) is 0 Å². The Bertz CT molecular complexity index is 251. The Morgan fingerprint density at radius 1 is 1.64 bits per heavy atom. The van der Waals surface area contributed by atoms with E-state index in [4.69, 9.17) is 11.2 Å². The summed E-state index contributed by atoms with van der Waals surface area (Å²) in [6.07, 6.45) is 6.08. The second-order valence-electron chi connectivity index (χ2n) is 3.64. The van der Waals surface area contributed by atoms with Crippen LogP contribution in [-0.2, 0) is 9.53 Å². The Hall–Kier alpha value is -1.05. The number of hydrogen-bond donors (Lipinski definition) is 1. The summed E-state index contributed by atoms with van der Waals surface area (Å²) in [4.78, 5) is 12.4. The number of aliphatic hydroxyl groups is 1. The van der Waals surface area contributed by atoms with Gasteiger partial charge in [0, 0.05) is 33.1 Å². The Morgan fingerprint density at radius 3 is 2.71 bits per heavy atom. The number of nitrogens with zero attached hydrogens (tertiary/aromatic N) is 1. The van der Waals surface area contributed by atoms with E-state index >= 15 is 0 Å². The fraction of sp³-hybridized carbons (Fsp3) is 0.700. The molecule has 0 spiro atoms. The van der Waals surface area contributed by atoms with Gasteiger partial charge in [0.1, 0.15) is 0 Å². The quantitative estimate of drug-likeness (QED) is 0.614. The van der Waals surface area contributed by atoms with Gasteiger partial charge in [0.15, 0.2) is 0 Å². The molecule has 0 bridgehead atoms. The average Bonchev–Trinajstić information content (AvgIpc) is 2.17. The van der Waals surface area contributed by atoms with Gasteiger partial charge in [0.05, 0.1) is 12.1 Å². The van der Waals surface area contributed by atoms with Crippen LogP contribution in [0.15, 0.2) is 0 Å². The Labute approximate surface area is 83.8 Å². The number of hydrogen-bond acceptors (Lipinski definition) is 3. The van der Waals surface area contributed by atoms with Crippen molar-refractivity contribution in [2.75, 3.05) is 26.8 Å². The van der Waals surface area contributed by atoms with E-state index in [1.807, 2.05) is 5.92 Å². The second kappa shape index (κ2) is 4.45. The number of carbonyl (C=O) groups is 1. The van der Waals surface area contributed by atoms with Crippen LogP contribution in [0.4, 0.5) is 0 Å². The monoisotopic (exact) mass is 197 g/mol. The highest BCUT2D eigenvalue weighted by Gasteiger charge is 2.31. The lowest BCUT2D eigenvalue weighted by Crippen LogP contribution is -2.47. The van der Waals surface area contributed by atoms with Crippen molar-refractivity contribution in [1.29, 1.82) is 0 Å². The molecule has 1 aliphatic rings. The van der Waals surface area contributed by atoms with Crippen LogP contribution in [0.1, 0.15) is 12.8 Å². The average molecular weight is 197 g/mol. The third-order valence-corrected chi connectivity index (χ3v) is 2.43. The van der Waals surface area contributed by atoms with Gasteiger partial charge < -0.3 is 14.7 Å².